The van der Waals surface area contributed by atoms with Crippen molar-refractivity contribution in [1.29, 1.82) is 0 Å². The molecule has 128 valence electrons. The molecule has 2 rings (SSSR count). The van der Waals surface area contributed by atoms with Crippen molar-refractivity contribution < 1.29 is 13.2 Å². The number of hydrogen-bond acceptors (Lipinski definition) is 4. The normalized spacial score (nSPS) is 21.1. The summed E-state index contributed by atoms with van der Waals surface area (Å²) in [6, 6.07) is 4.98. The lowest BCUT2D eigenvalue weighted by atomic mass is 10.2. The molecule has 0 aromatic heterocycles. The van der Waals surface area contributed by atoms with E-state index in [9.17, 15) is 13.2 Å². The largest absolute Gasteiger partial charge is 0.338 e. The molecule has 0 aliphatic carbocycles. The topological polar surface area (TPSA) is 54.5 Å². The lowest BCUT2D eigenvalue weighted by Crippen LogP contribution is -2.44. The van der Waals surface area contributed by atoms with Crippen LogP contribution in [0.15, 0.2) is 23.1 Å². The highest BCUT2D eigenvalue weighted by Gasteiger charge is 2.35. The van der Waals surface area contributed by atoms with E-state index in [-0.39, 0.29) is 23.5 Å². The Kier molecular flexibility index (Phi) is 6.28. The van der Waals surface area contributed by atoms with Gasteiger partial charge in [0.2, 0.25) is 5.91 Å². The van der Waals surface area contributed by atoms with Crippen molar-refractivity contribution in [1.82, 2.24) is 4.90 Å². The van der Waals surface area contributed by atoms with Crippen molar-refractivity contribution in [3.63, 3.8) is 0 Å². The molecule has 4 nitrogen and oxygen atoms in total. The van der Waals surface area contributed by atoms with Crippen LogP contribution in [0.1, 0.15) is 20.3 Å². The van der Waals surface area contributed by atoms with Crippen molar-refractivity contribution in [2.45, 2.75) is 36.5 Å². The fourth-order valence-electron chi connectivity index (χ4n) is 2.67. The second kappa shape index (κ2) is 7.64. The standard InChI is InChI=1S/C15H19Cl2NO3S2/c1-3-18(11-7-8-23(20,21)9-11)15(19)10(2)22-14-12(16)5-4-6-13(14)17/h4-6,10-11H,3,7-9H2,1-2H3. The van der Waals surface area contributed by atoms with E-state index in [0.717, 1.165) is 0 Å². The maximum Gasteiger partial charge on any atom is 0.236 e. The summed E-state index contributed by atoms with van der Waals surface area (Å²) in [5.41, 5.74) is 0. The molecule has 2 atom stereocenters. The summed E-state index contributed by atoms with van der Waals surface area (Å²) in [5.74, 6) is 0.117. The van der Waals surface area contributed by atoms with Crippen LogP contribution in [0.4, 0.5) is 0 Å². The number of halogens is 2. The highest BCUT2D eigenvalue weighted by atomic mass is 35.5. The third-order valence-electron chi connectivity index (χ3n) is 3.83. The van der Waals surface area contributed by atoms with Gasteiger partial charge in [-0.1, -0.05) is 29.3 Å². The zero-order valence-electron chi connectivity index (χ0n) is 13.0. The summed E-state index contributed by atoms with van der Waals surface area (Å²) >= 11 is 13.6. The fourth-order valence-corrected chi connectivity index (χ4v) is 6.02. The number of benzene rings is 1. The van der Waals surface area contributed by atoms with E-state index in [1.165, 1.54) is 11.8 Å². The van der Waals surface area contributed by atoms with Gasteiger partial charge in [-0.25, -0.2) is 8.42 Å². The maximum atomic E-state index is 12.7. The molecular formula is C15H19Cl2NO3S2. The molecule has 2 unspecified atom stereocenters. The Morgan fingerprint density at radius 2 is 2.00 bits per heavy atom. The van der Waals surface area contributed by atoms with Gasteiger partial charge in [0.05, 0.1) is 26.8 Å². The monoisotopic (exact) mass is 395 g/mol. The van der Waals surface area contributed by atoms with Gasteiger partial charge in [-0.15, -0.1) is 11.8 Å². The molecule has 0 N–H and O–H groups in total. The number of thioether (sulfide) groups is 1. The molecular weight excluding hydrogens is 377 g/mol. The van der Waals surface area contributed by atoms with Crippen LogP contribution < -0.4 is 0 Å². The van der Waals surface area contributed by atoms with Gasteiger partial charge in [0.15, 0.2) is 9.84 Å². The van der Waals surface area contributed by atoms with Crippen LogP contribution in [0.5, 0.6) is 0 Å². The zero-order valence-corrected chi connectivity index (χ0v) is 16.1. The summed E-state index contributed by atoms with van der Waals surface area (Å²) in [6.45, 7) is 4.14. The van der Waals surface area contributed by atoms with Gasteiger partial charge in [0.25, 0.3) is 0 Å². The third kappa shape index (κ3) is 4.56. The first-order valence-corrected chi connectivity index (χ1v) is 10.8. The number of hydrogen-bond donors (Lipinski definition) is 0. The van der Waals surface area contributed by atoms with Crippen molar-refractivity contribution >= 4 is 50.7 Å². The lowest BCUT2D eigenvalue weighted by molar-refractivity contribution is -0.131. The number of carbonyl (C=O) groups excluding carboxylic acids is 1. The van der Waals surface area contributed by atoms with Gasteiger partial charge in [-0.05, 0) is 32.4 Å². The van der Waals surface area contributed by atoms with Crippen LogP contribution in [0, 0.1) is 0 Å². The molecule has 8 heteroatoms. The Morgan fingerprint density at radius 3 is 2.48 bits per heavy atom. The zero-order chi connectivity index (χ0) is 17.2. The van der Waals surface area contributed by atoms with Crippen molar-refractivity contribution in [2.75, 3.05) is 18.1 Å². The summed E-state index contributed by atoms with van der Waals surface area (Å²) < 4.78 is 23.3. The SMILES string of the molecule is CCN(C(=O)C(C)Sc1c(Cl)cccc1Cl)C1CCS(=O)(=O)C1. The maximum absolute atomic E-state index is 12.7. The highest BCUT2D eigenvalue weighted by Crippen LogP contribution is 2.37. The second-order valence-electron chi connectivity index (χ2n) is 5.49. The first-order chi connectivity index (χ1) is 10.7. The number of sulfone groups is 1. The average Bonchev–Trinajstić information content (AvgIpc) is 2.83. The number of nitrogens with zero attached hydrogens (tertiary/aromatic N) is 1. The van der Waals surface area contributed by atoms with Crippen molar-refractivity contribution in [3.05, 3.63) is 28.2 Å². The lowest BCUT2D eigenvalue weighted by Gasteiger charge is -2.29. The minimum Gasteiger partial charge on any atom is -0.338 e. The Balaban J connectivity index is 2.12. The smallest absolute Gasteiger partial charge is 0.236 e. The molecule has 1 aliphatic heterocycles. The Labute approximate surface area is 151 Å². The molecule has 0 bridgehead atoms. The molecule has 0 radical (unpaired) electrons. The Morgan fingerprint density at radius 1 is 1.39 bits per heavy atom. The van der Waals surface area contributed by atoms with E-state index < -0.39 is 15.1 Å². The van der Waals surface area contributed by atoms with Gasteiger partial charge < -0.3 is 4.90 Å². The summed E-state index contributed by atoms with van der Waals surface area (Å²) in [6.07, 6.45) is 0.506. The van der Waals surface area contributed by atoms with Crippen LogP contribution in [0.25, 0.3) is 0 Å². The van der Waals surface area contributed by atoms with Crippen LogP contribution in [-0.2, 0) is 14.6 Å². The van der Waals surface area contributed by atoms with Gasteiger partial charge in [0, 0.05) is 17.5 Å². The van der Waals surface area contributed by atoms with E-state index in [4.69, 9.17) is 23.2 Å². The quantitative estimate of drug-likeness (QED) is 0.715. The number of rotatable bonds is 5. The summed E-state index contributed by atoms with van der Waals surface area (Å²) in [4.78, 5) is 15.1. The Bertz CT molecular complexity index is 674. The minimum atomic E-state index is -3.03. The predicted octanol–water partition coefficient (Wildman–Crippen LogP) is 3.51. The fraction of sp³-hybridized carbons (Fsp3) is 0.533. The van der Waals surface area contributed by atoms with Crippen molar-refractivity contribution in [2.24, 2.45) is 0 Å². The number of amides is 1. The number of carbonyl (C=O) groups is 1. The van der Waals surface area contributed by atoms with E-state index in [1.54, 1.807) is 30.0 Å². The highest BCUT2D eigenvalue weighted by molar-refractivity contribution is 8.00. The van der Waals surface area contributed by atoms with Crippen LogP contribution in [0.2, 0.25) is 10.0 Å². The molecule has 1 aromatic rings. The van der Waals surface area contributed by atoms with Crippen LogP contribution >= 0.6 is 35.0 Å². The minimum absolute atomic E-state index is 0.0524. The molecule has 0 saturated carbocycles. The summed E-state index contributed by atoms with van der Waals surface area (Å²) in [5, 5.41) is 0.623. The van der Waals surface area contributed by atoms with Gasteiger partial charge in [-0.3, -0.25) is 4.79 Å². The van der Waals surface area contributed by atoms with E-state index in [2.05, 4.69) is 0 Å². The predicted molar refractivity (Wildman–Crippen MR) is 96.2 cm³/mol. The molecule has 1 heterocycles. The van der Waals surface area contributed by atoms with E-state index in [0.29, 0.717) is 27.9 Å². The van der Waals surface area contributed by atoms with Crippen molar-refractivity contribution in [3.8, 4) is 0 Å². The first-order valence-electron chi connectivity index (χ1n) is 7.36. The average molecular weight is 396 g/mol. The molecule has 1 aromatic carbocycles. The molecule has 0 spiro atoms. The van der Waals surface area contributed by atoms with Gasteiger partial charge in [-0.2, -0.15) is 0 Å². The van der Waals surface area contributed by atoms with Gasteiger partial charge in [0.1, 0.15) is 0 Å². The molecule has 23 heavy (non-hydrogen) atoms. The first kappa shape index (κ1) is 18.9. The third-order valence-corrected chi connectivity index (χ3v) is 7.67. The molecule has 1 fully saturated rings. The van der Waals surface area contributed by atoms with Gasteiger partial charge >= 0.3 is 0 Å². The molecule has 1 amide bonds. The van der Waals surface area contributed by atoms with Crippen LogP contribution in [-0.4, -0.2) is 48.6 Å². The van der Waals surface area contributed by atoms with E-state index >= 15 is 0 Å². The second-order valence-corrected chi connectivity index (χ2v) is 9.89. The summed E-state index contributed by atoms with van der Waals surface area (Å²) in [7, 11) is -3.03. The van der Waals surface area contributed by atoms with E-state index in [1.807, 2.05) is 6.92 Å². The Hall–Kier alpha value is -0.430. The molecule has 1 saturated heterocycles. The molecule has 1 aliphatic rings. The van der Waals surface area contributed by atoms with Crippen LogP contribution in [0.3, 0.4) is 0 Å².